The number of hydrogen-bond acceptors (Lipinski definition) is 5. The van der Waals surface area contributed by atoms with Crippen LogP contribution in [0, 0.1) is 16.7 Å². The zero-order valence-corrected chi connectivity index (χ0v) is 13.9. The number of nitrogens with zero attached hydrogens (tertiary/aromatic N) is 1. The Bertz CT molecular complexity index is 753. The number of nitrogens with one attached hydrogen (secondary N) is 1. The maximum absolute atomic E-state index is 12.6. The van der Waals surface area contributed by atoms with Gasteiger partial charge in [0.1, 0.15) is 6.07 Å². The number of rotatable bonds is 3. The summed E-state index contributed by atoms with van der Waals surface area (Å²) >= 11 is 5.81. The lowest BCUT2D eigenvalue weighted by Crippen LogP contribution is -2.65. The van der Waals surface area contributed by atoms with E-state index in [1.165, 1.54) is 18.2 Å². The maximum atomic E-state index is 12.6. The standard InChI is InChI=1S/C15H17ClN2O4S/c16-11-1-2-12(10(7-11)9-17)23(20,21)18-13-8-14(19)15(13)3-5-22-6-4-15/h1-2,7,13-14,18-19H,3-6,8H2/t13-,14-/m1/s1. The molecule has 0 aromatic heterocycles. The van der Waals surface area contributed by atoms with Crippen LogP contribution in [0.4, 0.5) is 0 Å². The van der Waals surface area contributed by atoms with Crippen molar-refractivity contribution < 1.29 is 18.3 Å². The van der Waals surface area contributed by atoms with E-state index >= 15 is 0 Å². The molecule has 2 aliphatic rings. The van der Waals surface area contributed by atoms with E-state index in [0.717, 1.165) is 0 Å². The van der Waals surface area contributed by atoms with E-state index in [-0.39, 0.29) is 16.5 Å². The van der Waals surface area contributed by atoms with Gasteiger partial charge in [-0.1, -0.05) is 11.6 Å². The average Bonchev–Trinajstić information content (AvgIpc) is 2.54. The number of aliphatic hydroxyl groups excluding tert-OH is 1. The summed E-state index contributed by atoms with van der Waals surface area (Å²) in [4.78, 5) is -0.0898. The largest absolute Gasteiger partial charge is 0.392 e. The highest BCUT2D eigenvalue weighted by atomic mass is 35.5. The molecule has 0 amide bonds. The normalized spacial score (nSPS) is 26.5. The van der Waals surface area contributed by atoms with Crippen LogP contribution >= 0.6 is 11.6 Å². The van der Waals surface area contributed by atoms with Crippen LogP contribution in [0.5, 0.6) is 0 Å². The molecule has 1 saturated heterocycles. The van der Waals surface area contributed by atoms with E-state index in [4.69, 9.17) is 21.6 Å². The molecule has 1 spiro atoms. The van der Waals surface area contributed by atoms with Crippen molar-refractivity contribution in [3.8, 4) is 6.07 Å². The third-order valence-corrected chi connectivity index (χ3v) is 6.65. The fourth-order valence-corrected chi connectivity index (χ4v) is 5.08. The minimum atomic E-state index is -3.86. The number of sulfonamides is 1. The van der Waals surface area contributed by atoms with Crippen LogP contribution in [0.25, 0.3) is 0 Å². The van der Waals surface area contributed by atoms with Gasteiger partial charge < -0.3 is 9.84 Å². The fraction of sp³-hybridized carbons (Fsp3) is 0.533. The molecule has 2 fully saturated rings. The molecule has 124 valence electrons. The number of benzene rings is 1. The van der Waals surface area contributed by atoms with Crippen molar-refractivity contribution in [2.45, 2.75) is 36.3 Å². The number of nitriles is 1. The summed E-state index contributed by atoms with van der Waals surface area (Å²) in [6.45, 7) is 1.03. The van der Waals surface area contributed by atoms with E-state index < -0.39 is 21.5 Å². The van der Waals surface area contributed by atoms with Gasteiger partial charge in [0.15, 0.2) is 0 Å². The summed E-state index contributed by atoms with van der Waals surface area (Å²) in [5.74, 6) is 0. The molecule has 0 unspecified atom stereocenters. The van der Waals surface area contributed by atoms with Crippen molar-refractivity contribution in [1.29, 1.82) is 5.26 Å². The third kappa shape index (κ3) is 2.86. The molecular weight excluding hydrogens is 340 g/mol. The Morgan fingerprint density at radius 1 is 1.39 bits per heavy atom. The Balaban J connectivity index is 1.86. The lowest BCUT2D eigenvalue weighted by molar-refractivity contribution is -0.143. The summed E-state index contributed by atoms with van der Waals surface area (Å²) < 4.78 is 33.3. The average molecular weight is 357 g/mol. The van der Waals surface area contributed by atoms with E-state index in [0.29, 0.717) is 37.5 Å². The van der Waals surface area contributed by atoms with Crippen molar-refractivity contribution in [2.75, 3.05) is 13.2 Å². The number of hydrogen-bond donors (Lipinski definition) is 2. The van der Waals surface area contributed by atoms with Crippen LogP contribution in [0.1, 0.15) is 24.8 Å². The van der Waals surface area contributed by atoms with Crippen LogP contribution in [0.15, 0.2) is 23.1 Å². The zero-order valence-electron chi connectivity index (χ0n) is 12.3. The minimum absolute atomic E-state index is 0.00546. The lowest BCUT2D eigenvalue weighted by Gasteiger charge is -2.55. The Kier molecular flexibility index (Phi) is 4.38. The SMILES string of the molecule is N#Cc1cc(Cl)ccc1S(=O)(=O)N[C@@H]1C[C@@H](O)C12CCOCC2. The van der Waals surface area contributed by atoms with Gasteiger partial charge in [0.05, 0.1) is 16.6 Å². The molecular formula is C15H17ClN2O4S. The Labute approximate surface area is 140 Å². The van der Waals surface area contributed by atoms with Crippen molar-refractivity contribution in [3.63, 3.8) is 0 Å². The van der Waals surface area contributed by atoms with E-state index in [1.54, 1.807) is 0 Å². The zero-order chi connectivity index (χ0) is 16.7. The first kappa shape index (κ1) is 16.7. The Hall–Kier alpha value is -1.17. The molecule has 3 rings (SSSR count). The van der Waals surface area contributed by atoms with Gasteiger partial charge >= 0.3 is 0 Å². The summed E-state index contributed by atoms with van der Waals surface area (Å²) in [7, 11) is -3.86. The molecule has 0 radical (unpaired) electrons. The van der Waals surface area contributed by atoms with Gasteiger partial charge in [0.2, 0.25) is 10.0 Å². The first-order chi connectivity index (χ1) is 10.9. The Morgan fingerprint density at radius 2 is 2.09 bits per heavy atom. The quantitative estimate of drug-likeness (QED) is 0.853. The second-order valence-corrected chi connectivity index (χ2v) is 8.14. The highest BCUT2D eigenvalue weighted by Gasteiger charge is 2.56. The highest BCUT2D eigenvalue weighted by molar-refractivity contribution is 7.89. The monoisotopic (exact) mass is 356 g/mol. The molecule has 1 aliphatic heterocycles. The molecule has 23 heavy (non-hydrogen) atoms. The molecule has 2 N–H and O–H groups in total. The van der Waals surface area contributed by atoms with Crippen LogP contribution in [-0.2, 0) is 14.8 Å². The van der Waals surface area contributed by atoms with Gasteiger partial charge in [-0.05, 0) is 37.5 Å². The highest BCUT2D eigenvalue weighted by Crippen LogP contribution is 2.49. The van der Waals surface area contributed by atoms with E-state index in [9.17, 15) is 13.5 Å². The van der Waals surface area contributed by atoms with Gasteiger partial charge in [-0.3, -0.25) is 0 Å². The molecule has 1 aliphatic carbocycles. The van der Waals surface area contributed by atoms with Gasteiger partial charge in [-0.15, -0.1) is 0 Å². The topological polar surface area (TPSA) is 99.4 Å². The lowest BCUT2D eigenvalue weighted by atomic mass is 9.58. The maximum Gasteiger partial charge on any atom is 0.242 e. The predicted molar refractivity (Wildman–Crippen MR) is 83.4 cm³/mol. The van der Waals surface area contributed by atoms with Crippen molar-refractivity contribution in [1.82, 2.24) is 4.72 Å². The minimum Gasteiger partial charge on any atom is -0.392 e. The van der Waals surface area contributed by atoms with Crippen LogP contribution in [0.3, 0.4) is 0 Å². The predicted octanol–water partition coefficient (Wildman–Crippen LogP) is 1.42. The molecule has 2 atom stereocenters. The third-order valence-electron chi connectivity index (χ3n) is 4.89. The Morgan fingerprint density at radius 3 is 2.70 bits per heavy atom. The first-order valence-corrected chi connectivity index (χ1v) is 9.23. The van der Waals surface area contributed by atoms with Gasteiger partial charge in [0, 0.05) is 29.7 Å². The molecule has 6 nitrogen and oxygen atoms in total. The van der Waals surface area contributed by atoms with Gasteiger partial charge in [0.25, 0.3) is 0 Å². The van der Waals surface area contributed by atoms with Gasteiger partial charge in [-0.25, -0.2) is 13.1 Å². The van der Waals surface area contributed by atoms with Crippen LogP contribution in [0.2, 0.25) is 5.02 Å². The van der Waals surface area contributed by atoms with E-state index in [2.05, 4.69) is 4.72 Å². The second-order valence-electron chi connectivity index (χ2n) is 6.02. The van der Waals surface area contributed by atoms with Crippen molar-refractivity contribution in [3.05, 3.63) is 28.8 Å². The molecule has 8 heteroatoms. The van der Waals surface area contributed by atoms with Gasteiger partial charge in [-0.2, -0.15) is 5.26 Å². The van der Waals surface area contributed by atoms with Crippen LogP contribution < -0.4 is 4.72 Å². The molecule has 1 heterocycles. The molecule has 0 bridgehead atoms. The number of aliphatic hydroxyl groups is 1. The van der Waals surface area contributed by atoms with Crippen LogP contribution in [-0.4, -0.2) is 38.9 Å². The summed E-state index contributed by atoms with van der Waals surface area (Å²) in [5.41, 5.74) is -0.462. The molecule has 1 aromatic carbocycles. The fourth-order valence-electron chi connectivity index (χ4n) is 3.44. The van der Waals surface area contributed by atoms with E-state index in [1.807, 2.05) is 6.07 Å². The second kappa shape index (κ2) is 6.04. The molecule has 1 aromatic rings. The smallest absolute Gasteiger partial charge is 0.242 e. The number of halogens is 1. The number of ether oxygens (including phenoxy) is 1. The first-order valence-electron chi connectivity index (χ1n) is 7.37. The summed E-state index contributed by atoms with van der Waals surface area (Å²) in [6.07, 6.45) is 1.08. The summed E-state index contributed by atoms with van der Waals surface area (Å²) in [5, 5.41) is 19.6. The summed E-state index contributed by atoms with van der Waals surface area (Å²) in [6, 6.07) is 5.60. The van der Waals surface area contributed by atoms with Crippen molar-refractivity contribution in [2.24, 2.45) is 5.41 Å². The van der Waals surface area contributed by atoms with Crippen molar-refractivity contribution >= 4 is 21.6 Å². The molecule has 1 saturated carbocycles.